The summed E-state index contributed by atoms with van der Waals surface area (Å²) in [6.45, 7) is 8.42. The quantitative estimate of drug-likeness (QED) is 0.119. The Morgan fingerprint density at radius 3 is 2.30 bits per heavy atom. The molecule has 0 saturated heterocycles. The Hall–Kier alpha value is -1.56. The Balaban J connectivity index is 1.60. The molecule has 0 saturated carbocycles. The van der Waals surface area contributed by atoms with E-state index in [4.69, 9.17) is 11.5 Å². The standard InChI is InChI=1S/C27H52N5O/c1-24(2)16-11-8-6-4-3-5-7-9-12-18-27(33)19-17-25-31(22-15-23-32(25)27)21-14-10-13-20-30-26(28)29/h17,19,24,33H,3-16,18,20-23H2,1-2H3,(H4,28,29,30)/q+1. The third-order valence-corrected chi connectivity index (χ3v) is 7.08. The van der Waals surface area contributed by atoms with Crippen molar-refractivity contribution >= 4 is 11.8 Å². The van der Waals surface area contributed by atoms with Gasteiger partial charge in [-0.25, -0.2) is 4.90 Å². The zero-order chi connectivity index (χ0) is 23.9. The van der Waals surface area contributed by atoms with E-state index in [1.54, 1.807) is 0 Å². The number of aliphatic imine (C=N–C) groups is 1. The van der Waals surface area contributed by atoms with E-state index in [2.05, 4.69) is 34.4 Å². The lowest BCUT2D eigenvalue weighted by atomic mass is 10.0. The van der Waals surface area contributed by atoms with Crippen LogP contribution in [0.1, 0.15) is 110 Å². The number of rotatable bonds is 18. The van der Waals surface area contributed by atoms with Crippen molar-refractivity contribution in [3.8, 4) is 0 Å². The minimum atomic E-state index is -0.780. The number of nitrogens with two attached hydrogens (primary N) is 2. The van der Waals surface area contributed by atoms with Gasteiger partial charge in [0.2, 0.25) is 5.72 Å². The maximum atomic E-state index is 11.3. The van der Waals surface area contributed by atoms with Crippen LogP contribution in [0.4, 0.5) is 0 Å². The summed E-state index contributed by atoms with van der Waals surface area (Å²) >= 11 is 0. The highest BCUT2D eigenvalue weighted by atomic mass is 16.3. The predicted molar refractivity (Wildman–Crippen MR) is 141 cm³/mol. The second-order valence-corrected chi connectivity index (χ2v) is 10.5. The number of aliphatic hydroxyl groups is 1. The van der Waals surface area contributed by atoms with Crippen molar-refractivity contribution in [1.82, 2.24) is 4.90 Å². The minimum Gasteiger partial charge on any atom is -0.370 e. The molecule has 0 radical (unpaired) electrons. The van der Waals surface area contributed by atoms with Crippen molar-refractivity contribution in [2.24, 2.45) is 22.4 Å². The van der Waals surface area contributed by atoms with Crippen LogP contribution in [-0.2, 0) is 0 Å². The molecule has 1 atom stereocenters. The SMILES string of the molecule is CC(C)CCCCCCCCCCCC1(O)C=CC2=[N+](CCCCCN=C(N)N)CCCN21. The number of hydrogen-bond donors (Lipinski definition) is 3. The molecule has 0 amide bonds. The molecule has 2 heterocycles. The third-order valence-electron chi connectivity index (χ3n) is 7.08. The van der Waals surface area contributed by atoms with Gasteiger partial charge in [-0.05, 0) is 37.7 Å². The lowest BCUT2D eigenvalue weighted by Crippen LogP contribution is -2.52. The van der Waals surface area contributed by atoms with Crippen LogP contribution in [0.25, 0.3) is 0 Å². The first kappa shape index (κ1) is 27.7. The first-order valence-corrected chi connectivity index (χ1v) is 13.8. The highest BCUT2D eigenvalue weighted by Crippen LogP contribution is 2.30. The molecule has 6 heteroatoms. The monoisotopic (exact) mass is 462 g/mol. The van der Waals surface area contributed by atoms with Gasteiger partial charge in [-0.1, -0.05) is 71.6 Å². The first-order valence-electron chi connectivity index (χ1n) is 13.8. The Bertz CT molecular complexity index is 638. The van der Waals surface area contributed by atoms with Crippen LogP contribution in [0.3, 0.4) is 0 Å². The van der Waals surface area contributed by atoms with E-state index in [9.17, 15) is 5.11 Å². The van der Waals surface area contributed by atoms with Crippen molar-refractivity contribution in [2.75, 3.05) is 26.2 Å². The summed E-state index contributed by atoms with van der Waals surface area (Å²) in [7, 11) is 0. The lowest BCUT2D eigenvalue weighted by molar-refractivity contribution is -0.539. The summed E-state index contributed by atoms with van der Waals surface area (Å²) in [5.41, 5.74) is 9.98. The number of unbranched alkanes of at least 4 members (excludes halogenated alkanes) is 10. The summed E-state index contributed by atoms with van der Waals surface area (Å²) < 4.78 is 2.44. The van der Waals surface area contributed by atoms with Gasteiger partial charge in [0.1, 0.15) is 0 Å². The average Bonchev–Trinajstić information content (AvgIpc) is 3.11. The van der Waals surface area contributed by atoms with Crippen LogP contribution in [0.2, 0.25) is 0 Å². The molecular formula is C27H52N5O+. The highest BCUT2D eigenvalue weighted by molar-refractivity contribution is 5.92. The van der Waals surface area contributed by atoms with Crippen LogP contribution in [0.15, 0.2) is 17.1 Å². The molecule has 0 aliphatic carbocycles. The molecule has 6 nitrogen and oxygen atoms in total. The van der Waals surface area contributed by atoms with Gasteiger partial charge in [0.15, 0.2) is 5.96 Å². The fourth-order valence-corrected chi connectivity index (χ4v) is 5.12. The molecule has 2 aliphatic heterocycles. The maximum absolute atomic E-state index is 11.3. The van der Waals surface area contributed by atoms with Crippen LogP contribution >= 0.6 is 0 Å². The van der Waals surface area contributed by atoms with E-state index in [-0.39, 0.29) is 5.96 Å². The number of nitrogens with zero attached hydrogens (tertiary/aromatic N) is 3. The summed E-state index contributed by atoms with van der Waals surface area (Å²) in [5.74, 6) is 2.25. The number of amidine groups is 1. The summed E-state index contributed by atoms with van der Waals surface area (Å²) in [5, 5.41) is 11.3. The van der Waals surface area contributed by atoms with Gasteiger partial charge in [0.25, 0.3) is 5.84 Å². The molecule has 1 unspecified atom stereocenters. The van der Waals surface area contributed by atoms with E-state index >= 15 is 0 Å². The van der Waals surface area contributed by atoms with E-state index in [1.165, 1.54) is 63.6 Å². The molecule has 2 rings (SSSR count). The summed E-state index contributed by atoms with van der Waals surface area (Å²) in [6, 6.07) is 0. The molecule has 0 fully saturated rings. The normalized spacial score (nSPS) is 20.1. The summed E-state index contributed by atoms with van der Waals surface area (Å²) in [6.07, 6.45) is 22.7. The Labute approximate surface area is 203 Å². The third kappa shape index (κ3) is 10.5. The van der Waals surface area contributed by atoms with Gasteiger partial charge in [0.05, 0.1) is 19.6 Å². The molecule has 33 heavy (non-hydrogen) atoms. The van der Waals surface area contributed by atoms with Gasteiger partial charge < -0.3 is 16.6 Å². The molecule has 0 bridgehead atoms. The Morgan fingerprint density at radius 1 is 1.00 bits per heavy atom. The average molecular weight is 463 g/mol. The molecule has 0 aromatic heterocycles. The number of fused-ring (bicyclic) bond motifs is 1. The Kier molecular flexibility index (Phi) is 12.9. The second kappa shape index (κ2) is 15.4. The van der Waals surface area contributed by atoms with Crippen LogP contribution in [0, 0.1) is 5.92 Å². The number of guanidine groups is 1. The van der Waals surface area contributed by atoms with Crippen molar-refractivity contribution in [3.05, 3.63) is 12.2 Å². The van der Waals surface area contributed by atoms with E-state index in [0.29, 0.717) is 6.54 Å². The van der Waals surface area contributed by atoms with Gasteiger partial charge in [-0.2, -0.15) is 0 Å². The highest BCUT2D eigenvalue weighted by Gasteiger charge is 2.46. The molecule has 190 valence electrons. The van der Waals surface area contributed by atoms with Gasteiger partial charge >= 0.3 is 0 Å². The van der Waals surface area contributed by atoms with Gasteiger partial charge in [-0.3, -0.25) is 9.57 Å². The van der Waals surface area contributed by atoms with Gasteiger partial charge in [-0.15, -0.1) is 0 Å². The second-order valence-electron chi connectivity index (χ2n) is 10.5. The first-order chi connectivity index (χ1) is 15.9. The van der Waals surface area contributed by atoms with Crippen molar-refractivity contribution < 1.29 is 9.68 Å². The van der Waals surface area contributed by atoms with E-state index in [1.807, 2.05) is 6.08 Å². The molecule has 5 N–H and O–H groups in total. The van der Waals surface area contributed by atoms with Crippen molar-refractivity contribution in [2.45, 2.75) is 116 Å². The fourth-order valence-electron chi connectivity index (χ4n) is 5.12. The fraction of sp³-hybridized carbons (Fsp3) is 0.852. The lowest BCUT2D eigenvalue weighted by Gasteiger charge is -2.32. The summed E-state index contributed by atoms with van der Waals surface area (Å²) in [4.78, 5) is 6.30. The van der Waals surface area contributed by atoms with Crippen molar-refractivity contribution in [1.29, 1.82) is 0 Å². The van der Waals surface area contributed by atoms with Crippen LogP contribution in [0.5, 0.6) is 0 Å². The topological polar surface area (TPSA) is 90.9 Å². The largest absolute Gasteiger partial charge is 0.370 e. The zero-order valence-corrected chi connectivity index (χ0v) is 21.6. The molecule has 0 aromatic carbocycles. The number of hydrogen-bond acceptors (Lipinski definition) is 3. The predicted octanol–water partition coefficient (Wildman–Crippen LogP) is 4.75. The molecular weight excluding hydrogens is 410 g/mol. The van der Waals surface area contributed by atoms with E-state index in [0.717, 1.165) is 64.1 Å². The maximum Gasteiger partial charge on any atom is 0.274 e. The van der Waals surface area contributed by atoms with Gasteiger partial charge in [0, 0.05) is 25.5 Å². The zero-order valence-electron chi connectivity index (χ0n) is 21.6. The minimum absolute atomic E-state index is 0.181. The van der Waals surface area contributed by atoms with Crippen LogP contribution in [-0.4, -0.2) is 58.3 Å². The Morgan fingerprint density at radius 2 is 1.64 bits per heavy atom. The molecule has 0 aromatic rings. The van der Waals surface area contributed by atoms with Crippen LogP contribution < -0.4 is 11.5 Å². The van der Waals surface area contributed by atoms with E-state index < -0.39 is 5.72 Å². The van der Waals surface area contributed by atoms with Crippen molar-refractivity contribution in [3.63, 3.8) is 0 Å². The molecule has 0 spiro atoms. The molecule has 2 aliphatic rings. The smallest absolute Gasteiger partial charge is 0.274 e.